The zero-order chi connectivity index (χ0) is 13.4. The van der Waals surface area contributed by atoms with Gasteiger partial charge in [0, 0.05) is 24.5 Å². The number of hydrogen-bond acceptors (Lipinski definition) is 4. The third-order valence-electron chi connectivity index (χ3n) is 2.17. The van der Waals surface area contributed by atoms with E-state index in [0.29, 0.717) is 23.9 Å². The van der Waals surface area contributed by atoms with E-state index in [4.69, 9.17) is 22.1 Å². The molecule has 0 bridgehead atoms. The van der Waals surface area contributed by atoms with Gasteiger partial charge in [-0.2, -0.15) is 0 Å². The number of ether oxygens (including phenoxy) is 1. The molecular weight excluding hydrogens is 256 g/mol. The summed E-state index contributed by atoms with van der Waals surface area (Å²) in [5.41, 5.74) is 4.98. The highest BCUT2D eigenvalue weighted by atomic mass is 35.5. The number of primary amides is 1. The van der Waals surface area contributed by atoms with Crippen LogP contribution in [0.3, 0.4) is 0 Å². The maximum absolute atomic E-state index is 10.5. The van der Waals surface area contributed by atoms with Crippen LogP contribution in [0.25, 0.3) is 0 Å². The van der Waals surface area contributed by atoms with E-state index in [1.165, 1.54) is 0 Å². The van der Waals surface area contributed by atoms with Crippen molar-refractivity contribution in [2.24, 2.45) is 5.73 Å². The van der Waals surface area contributed by atoms with Crippen LogP contribution in [0.2, 0.25) is 5.02 Å². The van der Waals surface area contributed by atoms with Gasteiger partial charge in [0.15, 0.2) is 0 Å². The Labute approximate surface area is 111 Å². The van der Waals surface area contributed by atoms with Crippen LogP contribution in [0, 0.1) is 0 Å². The van der Waals surface area contributed by atoms with Gasteiger partial charge in [0.25, 0.3) is 0 Å². The standard InChI is InChI=1S/C12H17ClN2O3/c13-9-2-1-3-11(6-9)18-8-10(16)7-15-5-4-12(14)17/h1-3,6,10,15-16H,4-5,7-8H2,(H2,14,17). The summed E-state index contributed by atoms with van der Waals surface area (Å²) in [4.78, 5) is 10.5. The van der Waals surface area contributed by atoms with Gasteiger partial charge >= 0.3 is 0 Å². The average molecular weight is 273 g/mol. The number of benzene rings is 1. The van der Waals surface area contributed by atoms with Gasteiger partial charge < -0.3 is 20.9 Å². The Bertz CT molecular complexity index is 387. The fraction of sp³-hybridized carbons (Fsp3) is 0.417. The van der Waals surface area contributed by atoms with Crippen LogP contribution in [0.4, 0.5) is 0 Å². The van der Waals surface area contributed by atoms with E-state index in [-0.39, 0.29) is 18.9 Å². The highest BCUT2D eigenvalue weighted by Crippen LogP contribution is 2.17. The van der Waals surface area contributed by atoms with Crippen LogP contribution in [-0.2, 0) is 4.79 Å². The van der Waals surface area contributed by atoms with E-state index in [9.17, 15) is 9.90 Å². The number of aliphatic hydroxyl groups excluding tert-OH is 1. The first-order valence-corrected chi connectivity index (χ1v) is 6.01. The summed E-state index contributed by atoms with van der Waals surface area (Å²) < 4.78 is 5.36. The number of amides is 1. The van der Waals surface area contributed by atoms with Crippen LogP contribution in [-0.4, -0.2) is 36.8 Å². The molecular formula is C12H17ClN2O3. The Kier molecular flexibility index (Phi) is 6.49. The number of aliphatic hydroxyl groups is 1. The van der Waals surface area contributed by atoms with Crippen LogP contribution in [0.1, 0.15) is 6.42 Å². The summed E-state index contributed by atoms with van der Waals surface area (Å²) in [5.74, 6) is 0.242. The van der Waals surface area contributed by atoms with Crippen LogP contribution >= 0.6 is 11.6 Å². The zero-order valence-electron chi connectivity index (χ0n) is 9.93. The Morgan fingerprint density at radius 2 is 2.33 bits per heavy atom. The second-order valence-corrected chi connectivity index (χ2v) is 4.28. The van der Waals surface area contributed by atoms with E-state index >= 15 is 0 Å². The first-order chi connectivity index (χ1) is 8.58. The Hall–Kier alpha value is -1.30. The number of halogens is 1. The fourth-order valence-electron chi connectivity index (χ4n) is 1.29. The molecule has 1 aromatic carbocycles. The SMILES string of the molecule is NC(=O)CCNCC(O)COc1cccc(Cl)c1. The zero-order valence-corrected chi connectivity index (χ0v) is 10.7. The summed E-state index contributed by atoms with van der Waals surface area (Å²) in [6.07, 6.45) is -0.404. The predicted octanol–water partition coefficient (Wildman–Crippen LogP) is 0.545. The summed E-state index contributed by atoms with van der Waals surface area (Å²) in [7, 11) is 0. The van der Waals surface area contributed by atoms with Crippen LogP contribution < -0.4 is 15.8 Å². The average Bonchev–Trinajstić information content (AvgIpc) is 2.32. The third kappa shape index (κ3) is 6.44. The molecule has 1 amide bonds. The monoisotopic (exact) mass is 272 g/mol. The van der Waals surface area contributed by atoms with Crippen molar-refractivity contribution in [1.82, 2.24) is 5.32 Å². The van der Waals surface area contributed by atoms with Crippen molar-refractivity contribution in [3.05, 3.63) is 29.3 Å². The van der Waals surface area contributed by atoms with Crippen molar-refractivity contribution < 1.29 is 14.6 Å². The van der Waals surface area contributed by atoms with E-state index in [1.54, 1.807) is 24.3 Å². The minimum absolute atomic E-state index is 0.157. The molecule has 1 aromatic rings. The number of rotatable bonds is 8. The molecule has 4 N–H and O–H groups in total. The molecule has 0 radical (unpaired) electrons. The number of nitrogens with two attached hydrogens (primary N) is 1. The first-order valence-electron chi connectivity index (χ1n) is 5.63. The molecule has 1 rings (SSSR count). The smallest absolute Gasteiger partial charge is 0.218 e. The molecule has 100 valence electrons. The van der Waals surface area contributed by atoms with Crippen molar-refractivity contribution in [3.8, 4) is 5.75 Å². The number of carbonyl (C=O) groups is 1. The maximum atomic E-state index is 10.5. The van der Waals surface area contributed by atoms with Gasteiger partial charge in [0.2, 0.25) is 5.91 Å². The predicted molar refractivity (Wildman–Crippen MR) is 69.6 cm³/mol. The number of carbonyl (C=O) groups excluding carboxylic acids is 1. The summed E-state index contributed by atoms with van der Waals surface area (Å²) in [6, 6.07) is 6.96. The molecule has 1 unspecified atom stereocenters. The molecule has 0 aliphatic carbocycles. The Balaban J connectivity index is 2.17. The van der Waals surface area contributed by atoms with Gasteiger partial charge in [-0.05, 0) is 18.2 Å². The molecule has 0 aromatic heterocycles. The van der Waals surface area contributed by atoms with Crippen molar-refractivity contribution >= 4 is 17.5 Å². The molecule has 0 fully saturated rings. The van der Waals surface area contributed by atoms with Gasteiger partial charge in [-0.25, -0.2) is 0 Å². The molecule has 5 nitrogen and oxygen atoms in total. The summed E-state index contributed by atoms with van der Waals surface area (Å²) >= 11 is 5.79. The minimum Gasteiger partial charge on any atom is -0.491 e. The fourth-order valence-corrected chi connectivity index (χ4v) is 1.47. The summed E-state index contributed by atoms with van der Waals surface area (Å²) in [5, 5.41) is 13.1. The van der Waals surface area contributed by atoms with Crippen molar-refractivity contribution in [2.75, 3.05) is 19.7 Å². The summed E-state index contributed by atoms with van der Waals surface area (Å²) in [6.45, 7) is 0.946. The number of nitrogens with one attached hydrogen (secondary N) is 1. The molecule has 0 saturated carbocycles. The normalized spacial score (nSPS) is 12.1. The lowest BCUT2D eigenvalue weighted by Crippen LogP contribution is -2.33. The van der Waals surface area contributed by atoms with Gasteiger partial charge in [0.05, 0.1) is 0 Å². The van der Waals surface area contributed by atoms with E-state index < -0.39 is 6.10 Å². The largest absolute Gasteiger partial charge is 0.491 e. The first kappa shape index (κ1) is 14.8. The molecule has 0 saturated heterocycles. The van der Waals surface area contributed by atoms with E-state index in [2.05, 4.69) is 5.32 Å². The molecule has 0 aliphatic heterocycles. The van der Waals surface area contributed by atoms with Gasteiger partial charge in [-0.1, -0.05) is 17.7 Å². The Morgan fingerprint density at radius 3 is 3.00 bits per heavy atom. The topological polar surface area (TPSA) is 84.6 Å². The van der Waals surface area contributed by atoms with Crippen LogP contribution in [0.5, 0.6) is 5.75 Å². The van der Waals surface area contributed by atoms with Gasteiger partial charge in [0.1, 0.15) is 18.5 Å². The lowest BCUT2D eigenvalue weighted by atomic mass is 10.3. The van der Waals surface area contributed by atoms with Crippen molar-refractivity contribution in [2.45, 2.75) is 12.5 Å². The minimum atomic E-state index is -0.656. The van der Waals surface area contributed by atoms with Crippen molar-refractivity contribution in [1.29, 1.82) is 0 Å². The van der Waals surface area contributed by atoms with E-state index in [0.717, 1.165) is 0 Å². The maximum Gasteiger partial charge on any atom is 0.218 e. The van der Waals surface area contributed by atoms with Crippen molar-refractivity contribution in [3.63, 3.8) is 0 Å². The second kappa shape index (κ2) is 7.92. The second-order valence-electron chi connectivity index (χ2n) is 3.84. The molecule has 0 aliphatic rings. The van der Waals surface area contributed by atoms with E-state index in [1.807, 2.05) is 0 Å². The Morgan fingerprint density at radius 1 is 1.56 bits per heavy atom. The number of hydrogen-bond donors (Lipinski definition) is 3. The lowest BCUT2D eigenvalue weighted by Gasteiger charge is -2.13. The highest BCUT2D eigenvalue weighted by Gasteiger charge is 2.05. The quantitative estimate of drug-likeness (QED) is 0.603. The molecule has 6 heteroatoms. The molecule has 18 heavy (non-hydrogen) atoms. The van der Waals surface area contributed by atoms with Crippen LogP contribution in [0.15, 0.2) is 24.3 Å². The lowest BCUT2D eigenvalue weighted by molar-refractivity contribution is -0.117. The molecule has 1 atom stereocenters. The van der Waals surface area contributed by atoms with Gasteiger partial charge in [-0.15, -0.1) is 0 Å². The highest BCUT2D eigenvalue weighted by molar-refractivity contribution is 6.30. The molecule has 0 spiro atoms. The molecule has 0 heterocycles. The third-order valence-corrected chi connectivity index (χ3v) is 2.40. The van der Waals surface area contributed by atoms with Gasteiger partial charge in [-0.3, -0.25) is 4.79 Å².